The van der Waals surface area contributed by atoms with Crippen molar-refractivity contribution in [1.82, 2.24) is 0 Å². The molecule has 0 saturated carbocycles. The lowest BCUT2D eigenvalue weighted by Gasteiger charge is -2.34. The summed E-state index contributed by atoms with van der Waals surface area (Å²) >= 11 is 16.6. The van der Waals surface area contributed by atoms with Gasteiger partial charge in [-0.2, -0.15) is 0 Å². The Morgan fingerprint density at radius 1 is 1.18 bits per heavy atom. The minimum absolute atomic E-state index is 0.0337. The molecule has 3 unspecified atom stereocenters. The fourth-order valence-corrected chi connectivity index (χ4v) is 1.99. The van der Waals surface area contributed by atoms with Gasteiger partial charge in [0, 0.05) is 26.7 Å². The third kappa shape index (κ3) is 7.00. The highest BCUT2D eigenvalue weighted by atomic mass is 35.6. The molecular formula is C12H16Cl3NO6. The van der Waals surface area contributed by atoms with Crippen molar-refractivity contribution in [3.63, 3.8) is 0 Å². The molecule has 1 rings (SSSR count). The summed E-state index contributed by atoms with van der Waals surface area (Å²) in [5, 5.41) is 7.53. The van der Waals surface area contributed by atoms with E-state index in [1.165, 1.54) is 13.8 Å². The fourth-order valence-electron chi connectivity index (χ4n) is 1.85. The van der Waals surface area contributed by atoms with Crippen LogP contribution >= 0.6 is 34.8 Å². The van der Waals surface area contributed by atoms with Crippen LogP contribution in [0.2, 0.25) is 0 Å². The van der Waals surface area contributed by atoms with Crippen molar-refractivity contribution in [2.45, 2.75) is 49.0 Å². The van der Waals surface area contributed by atoms with Crippen molar-refractivity contribution < 1.29 is 28.5 Å². The van der Waals surface area contributed by atoms with E-state index in [1.54, 1.807) is 0 Å². The molecule has 0 aromatic rings. The molecule has 7 nitrogen and oxygen atoms in total. The summed E-state index contributed by atoms with van der Waals surface area (Å²) in [4.78, 5) is 21.9. The first-order valence-electron chi connectivity index (χ1n) is 6.36. The smallest absolute Gasteiger partial charge is 0.302 e. The first-order chi connectivity index (χ1) is 10.1. The number of hydrogen-bond donors (Lipinski definition) is 1. The van der Waals surface area contributed by atoms with Gasteiger partial charge in [0.05, 0.1) is 6.10 Å². The molecule has 1 aliphatic rings. The predicted octanol–water partition coefficient (Wildman–Crippen LogP) is 2.35. The van der Waals surface area contributed by atoms with Crippen molar-refractivity contribution in [2.24, 2.45) is 0 Å². The van der Waals surface area contributed by atoms with E-state index in [2.05, 4.69) is 0 Å². The van der Waals surface area contributed by atoms with Crippen LogP contribution in [0.25, 0.3) is 0 Å². The van der Waals surface area contributed by atoms with Crippen LogP contribution in [0, 0.1) is 5.41 Å². The molecule has 1 N–H and O–H groups in total. The van der Waals surface area contributed by atoms with Gasteiger partial charge in [-0.3, -0.25) is 15.0 Å². The van der Waals surface area contributed by atoms with Gasteiger partial charge in [-0.15, -0.1) is 0 Å². The van der Waals surface area contributed by atoms with E-state index in [0.29, 0.717) is 6.42 Å². The van der Waals surface area contributed by atoms with E-state index >= 15 is 0 Å². The van der Waals surface area contributed by atoms with E-state index in [4.69, 9.17) is 59.2 Å². The largest absolute Gasteiger partial charge is 0.463 e. The minimum Gasteiger partial charge on any atom is -0.463 e. The van der Waals surface area contributed by atoms with E-state index in [9.17, 15) is 9.59 Å². The van der Waals surface area contributed by atoms with Gasteiger partial charge >= 0.3 is 11.9 Å². The number of carbonyl (C=O) groups excluding carboxylic acids is 2. The number of hydrogen-bond acceptors (Lipinski definition) is 7. The van der Waals surface area contributed by atoms with Crippen molar-refractivity contribution in [1.29, 1.82) is 5.41 Å². The van der Waals surface area contributed by atoms with Crippen LogP contribution in [0.5, 0.6) is 0 Å². The zero-order chi connectivity index (χ0) is 16.9. The summed E-state index contributed by atoms with van der Waals surface area (Å²) in [6, 6.07) is 0. The average molecular weight is 377 g/mol. The quantitative estimate of drug-likeness (QED) is 0.350. The van der Waals surface area contributed by atoms with Crippen LogP contribution in [-0.2, 0) is 28.5 Å². The molecule has 1 heterocycles. The molecule has 0 radical (unpaired) electrons. The van der Waals surface area contributed by atoms with Crippen LogP contribution in [0.3, 0.4) is 0 Å². The third-order valence-corrected chi connectivity index (χ3v) is 3.15. The summed E-state index contributed by atoms with van der Waals surface area (Å²) in [7, 11) is 0. The van der Waals surface area contributed by atoms with Gasteiger partial charge in [0.1, 0.15) is 12.7 Å². The van der Waals surface area contributed by atoms with Gasteiger partial charge in [0.25, 0.3) is 3.79 Å². The number of esters is 2. The van der Waals surface area contributed by atoms with Gasteiger partial charge in [-0.25, -0.2) is 0 Å². The average Bonchev–Trinajstić information content (AvgIpc) is 2.34. The molecule has 0 bridgehead atoms. The van der Waals surface area contributed by atoms with Gasteiger partial charge in [0.2, 0.25) is 12.2 Å². The summed E-state index contributed by atoms with van der Waals surface area (Å²) in [5.74, 6) is -1.55. The molecule has 0 aliphatic carbocycles. The number of carbonyl (C=O) groups is 2. The number of rotatable bonds is 4. The second-order valence-electron chi connectivity index (χ2n) is 4.64. The molecule has 3 atom stereocenters. The highest BCUT2D eigenvalue weighted by Crippen LogP contribution is 2.31. The normalized spacial score (nSPS) is 25.2. The van der Waals surface area contributed by atoms with Crippen molar-refractivity contribution in [2.75, 3.05) is 6.61 Å². The van der Waals surface area contributed by atoms with Gasteiger partial charge in [-0.05, 0) is 0 Å². The summed E-state index contributed by atoms with van der Waals surface area (Å²) in [5.41, 5.74) is 0. The van der Waals surface area contributed by atoms with E-state index in [0.717, 1.165) is 0 Å². The second kappa shape index (κ2) is 8.19. The Hall–Kier alpha value is -0.760. The van der Waals surface area contributed by atoms with Crippen molar-refractivity contribution >= 4 is 52.6 Å². The number of ether oxygens (including phenoxy) is 4. The lowest BCUT2D eigenvalue weighted by Crippen LogP contribution is -2.43. The summed E-state index contributed by atoms with van der Waals surface area (Å²) in [6.45, 7) is 2.50. The van der Waals surface area contributed by atoms with Crippen molar-refractivity contribution in [3.05, 3.63) is 0 Å². The minimum atomic E-state index is -2.02. The van der Waals surface area contributed by atoms with Crippen LogP contribution in [0.15, 0.2) is 0 Å². The van der Waals surface area contributed by atoms with E-state index in [1.807, 2.05) is 0 Å². The predicted molar refractivity (Wildman–Crippen MR) is 79.2 cm³/mol. The Labute approximate surface area is 142 Å². The molecule has 0 aromatic carbocycles. The second-order valence-corrected chi connectivity index (χ2v) is 6.92. The zero-order valence-electron chi connectivity index (χ0n) is 11.9. The Morgan fingerprint density at radius 2 is 1.82 bits per heavy atom. The zero-order valence-corrected chi connectivity index (χ0v) is 14.2. The van der Waals surface area contributed by atoms with Gasteiger partial charge in [-0.1, -0.05) is 34.8 Å². The molecule has 1 saturated heterocycles. The molecule has 0 aromatic heterocycles. The van der Waals surface area contributed by atoms with Crippen LogP contribution in [0.1, 0.15) is 26.7 Å². The molecule has 10 heteroatoms. The summed E-state index contributed by atoms with van der Waals surface area (Å²) in [6.07, 6.45) is -1.54. The maximum atomic E-state index is 11.1. The number of nitrogens with one attached hydrogen (secondary N) is 1. The van der Waals surface area contributed by atoms with Crippen LogP contribution < -0.4 is 0 Å². The molecule has 1 fully saturated rings. The van der Waals surface area contributed by atoms with E-state index < -0.39 is 40.1 Å². The molecule has 126 valence electrons. The number of halogens is 3. The maximum absolute atomic E-state index is 11.1. The monoisotopic (exact) mass is 375 g/mol. The molecule has 0 amide bonds. The topological polar surface area (TPSA) is 94.9 Å². The SMILES string of the molecule is CC(=O)OCC1CC(OC(C)=O)CC(OC(=N)C(Cl)(Cl)Cl)O1. The van der Waals surface area contributed by atoms with Crippen molar-refractivity contribution in [3.8, 4) is 0 Å². The molecule has 0 spiro atoms. The van der Waals surface area contributed by atoms with Crippen LogP contribution in [-0.4, -0.2) is 46.7 Å². The first-order valence-corrected chi connectivity index (χ1v) is 7.49. The van der Waals surface area contributed by atoms with E-state index in [-0.39, 0.29) is 13.0 Å². The Kier molecular flexibility index (Phi) is 7.18. The Bertz CT molecular complexity index is 439. The van der Waals surface area contributed by atoms with Crippen LogP contribution in [0.4, 0.5) is 0 Å². The number of alkyl halides is 3. The van der Waals surface area contributed by atoms with Gasteiger partial charge < -0.3 is 18.9 Å². The summed E-state index contributed by atoms with van der Waals surface area (Å²) < 4.78 is 18.6. The third-order valence-electron chi connectivity index (χ3n) is 2.64. The maximum Gasteiger partial charge on any atom is 0.302 e. The van der Waals surface area contributed by atoms with Gasteiger partial charge in [0.15, 0.2) is 0 Å². The standard InChI is InChI=1S/C12H16Cl3NO6/c1-6(17)19-5-9-3-8(20-7(2)18)4-10(21-9)22-11(16)12(13,14)15/h8-10,16H,3-5H2,1-2H3. The Morgan fingerprint density at radius 3 is 2.32 bits per heavy atom. The Balaban J connectivity index is 2.67. The molecule has 22 heavy (non-hydrogen) atoms. The highest BCUT2D eigenvalue weighted by molar-refractivity contribution is 6.76. The highest BCUT2D eigenvalue weighted by Gasteiger charge is 2.37. The lowest BCUT2D eigenvalue weighted by atomic mass is 10.1. The molecular weight excluding hydrogens is 360 g/mol. The fraction of sp³-hybridized carbons (Fsp3) is 0.750. The lowest BCUT2D eigenvalue weighted by molar-refractivity contribution is -0.205. The molecule has 1 aliphatic heterocycles. The first kappa shape index (κ1) is 19.3.